The fraction of sp³-hybridized carbons (Fsp3) is 0.714. The first kappa shape index (κ1) is 12.7. The monoisotopic (exact) mass is 235 g/mol. The lowest BCUT2D eigenvalue weighted by Crippen LogP contribution is -2.23. The molecule has 1 fully saturated rings. The predicted octanol–water partition coefficient (Wildman–Crippen LogP) is 1.90. The Bertz CT molecular complexity index is 335. The van der Waals surface area contributed by atoms with Crippen molar-refractivity contribution in [2.24, 2.45) is 12.8 Å². The van der Waals surface area contributed by atoms with Gasteiger partial charge in [-0.1, -0.05) is 12.8 Å². The molecule has 1 aliphatic heterocycles. The molecule has 3 heteroatoms. The number of rotatable bonds is 4. The lowest BCUT2D eigenvalue weighted by molar-refractivity contribution is 0.277. The Kier molecular flexibility index (Phi) is 4.63. The zero-order valence-corrected chi connectivity index (χ0v) is 11.0. The van der Waals surface area contributed by atoms with Crippen LogP contribution in [0.1, 0.15) is 36.9 Å². The fourth-order valence-corrected chi connectivity index (χ4v) is 2.72. The molecule has 0 spiro atoms. The first-order chi connectivity index (χ1) is 8.29. The number of hydrogen-bond donors (Lipinski definition) is 1. The van der Waals surface area contributed by atoms with E-state index in [2.05, 4.69) is 28.8 Å². The summed E-state index contributed by atoms with van der Waals surface area (Å²) in [4.78, 5) is 2.59. The molecule has 2 rings (SSSR count). The number of nitrogens with two attached hydrogens (primary N) is 1. The second kappa shape index (κ2) is 6.22. The van der Waals surface area contributed by atoms with Crippen molar-refractivity contribution in [3.8, 4) is 0 Å². The smallest absolute Gasteiger partial charge is 0.0248 e. The zero-order valence-electron chi connectivity index (χ0n) is 11.0. The summed E-state index contributed by atoms with van der Waals surface area (Å²) in [7, 11) is 2.12. The number of likely N-dealkylation sites (tertiary alicyclic amines) is 1. The van der Waals surface area contributed by atoms with E-state index < -0.39 is 0 Å². The summed E-state index contributed by atoms with van der Waals surface area (Å²) in [5.41, 5.74) is 8.42. The Balaban J connectivity index is 1.95. The summed E-state index contributed by atoms with van der Waals surface area (Å²) in [6, 6.07) is 2.32. The van der Waals surface area contributed by atoms with E-state index in [-0.39, 0.29) is 0 Å². The topological polar surface area (TPSA) is 34.2 Å². The molecule has 0 bridgehead atoms. The van der Waals surface area contributed by atoms with E-state index in [4.69, 9.17) is 5.73 Å². The third kappa shape index (κ3) is 3.58. The molecule has 2 N–H and O–H groups in total. The SMILES string of the molecule is Cn1cc(CN2CCCCCC2)cc1CCN. The van der Waals surface area contributed by atoms with Crippen LogP contribution in [0.5, 0.6) is 0 Å². The largest absolute Gasteiger partial charge is 0.354 e. The van der Waals surface area contributed by atoms with Crippen molar-refractivity contribution in [2.45, 2.75) is 38.6 Å². The van der Waals surface area contributed by atoms with Crippen LogP contribution in [0.15, 0.2) is 12.3 Å². The van der Waals surface area contributed by atoms with E-state index in [0.717, 1.165) is 19.5 Å². The molecule has 1 aliphatic rings. The van der Waals surface area contributed by atoms with Gasteiger partial charge in [-0.05, 0) is 50.5 Å². The third-order valence-electron chi connectivity index (χ3n) is 3.67. The average molecular weight is 235 g/mol. The average Bonchev–Trinajstić information content (AvgIpc) is 2.54. The van der Waals surface area contributed by atoms with E-state index >= 15 is 0 Å². The van der Waals surface area contributed by atoms with Gasteiger partial charge in [0.15, 0.2) is 0 Å². The van der Waals surface area contributed by atoms with Crippen LogP contribution in [0.2, 0.25) is 0 Å². The van der Waals surface area contributed by atoms with Crippen molar-refractivity contribution in [1.82, 2.24) is 9.47 Å². The molecule has 2 heterocycles. The molecule has 17 heavy (non-hydrogen) atoms. The summed E-state index contributed by atoms with van der Waals surface area (Å²) < 4.78 is 2.22. The Hall–Kier alpha value is -0.800. The van der Waals surface area contributed by atoms with Crippen molar-refractivity contribution in [1.29, 1.82) is 0 Å². The normalized spacial score (nSPS) is 18.2. The van der Waals surface area contributed by atoms with Crippen molar-refractivity contribution in [2.75, 3.05) is 19.6 Å². The third-order valence-corrected chi connectivity index (χ3v) is 3.67. The summed E-state index contributed by atoms with van der Waals surface area (Å²) >= 11 is 0. The van der Waals surface area contributed by atoms with Crippen LogP contribution in [0.25, 0.3) is 0 Å². The van der Waals surface area contributed by atoms with Crippen molar-refractivity contribution in [3.05, 3.63) is 23.5 Å². The highest BCUT2D eigenvalue weighted by atomic mass is 15.1. The van der Waals surface area contributed by atoms with Crippen molar-refractivity contribution >= 4 is 0 Å². The maximum absolute atomic E-state index is 5.62. The first-order valence-corrected chi connectivity index (χ1v) is 6.86. The fourth-order valence-electron chi connectivity index (χ4n) is 2.72. The summed E-state index contributed by atoms with van der Waals surface area (Å²) in [6.07, 6.45) is 8.78. The minimum atomic E-state index is 0.737. The number of aromatic nitrogens is 1. The summed E-state index contributed by atoms with van der Waals surface area (Å²) in [5, 5.41) is 0. The molecule has 1 saturated heterocycles. The minimum Gasteiger partial charge on any atom is -0.354 e. The van der Waals surface area contributed by atoms with E-state index in [1.807, 2.05) is 0 Å². The maximum Gasteiger partial charge on any atom is 0.0248 e. The zero-order chi connectivity index (χ0) is 12.1. The summed E-state index contributed by atoms with van der Waals surface area (Å²) in [6.45, 7) is 4.38. The molecule has 96 valence electrons. The maximum atomic E-state index is 5.62. The second-order valence-electron chi connectivity index (χ2n) is 5.18. The standard InChI is InChI=1S/C14H25N3/c1-16-11-13(10-14(16)6-7-15)12-17-8-4-2-3-5-9-17/h10-11H,2-9,12,15H2,1H3. The number of aryl methyl sites for hydroxylation is 1. The molecular formula is C14H25N3. The molecule has 0 aliphatic carbocycles. The second-order valence-corrected chi connectivity index (χ2v) is 5.18. The van der Waals surface area contributed by atoms with Crippen LogP contribution in [-0.4, -0.2) is 29.1 Å². The molecule has 0 unspecified atom stereocenters. The van der Waals surface area contributed by atoms with Crippen LogP contribution in [0.4, 0.5) is 0 Å². The Labute approximate surface area is 105 Å². The molecule has 0 saturated carbocycles. The number of nitrogens with zero attached hydrogens (tertiary/aromatic N) is 2. The van der Waals surface area contributed by atoms with Gasteiger partial charge in [-0.3, -0.25) is 4.90 Å². The van der Waals surface area contributed by atoms with Crippen LogP contribution in [-0.2, 0) is 20.0 Å². The lowest BCUT2D eigenvalue weighted by Gasteiger charge is -2.18. The van der Waals surface area contributed by atoms with E-state index in [0.29, 0.717) is 0 Å². The highest BCUT2D eigenvalue weighted by Gasteiger charge is 2.11. The summed E-state index contributed by atoms with van der Waals surface area (Å²) in [5.74, 6) is 0. The van der Waals surface area contributed by atoms with Gasteiger partial charge >= 0.3 is 0 Å². The van der Waals surface area contributed by atoms with Gasteiger partial charge in [0, 0.05) is 25.5 Å². The van der Waals surface area contributed by atoms with Gasteiger partial charge in [-0.25, -0.2) is 0 Å². The Morgan fingerprint density at radius 3 is 2.53 bits per heavy atom. The van der Waals surface area contributed by atoms with Crippen LogP contribution in [0, 0.1) is 0 Å². The highest BCUT2D eigenvalue weighted by Crippen LogP contribution is 2.15. The quantitative estimate of drug-likeness (QED) is 0.865. The van der Waals surface area contributed by atoms with E-state index in [1.54, 1.807) is 0 Å². The van der Waals surface area contributed by atoms with Crippen LogP contribution >= 0.6 is 0 Å². The van der Waals surface area contributed by atoms with Gasteiger partial charge in [-0.15, -0.1) is 0 Å². The van der Waals surface area contributed by atoms with Gasteiger partial charge in [0.25, 0.3) is 0 Å². The van der Waals surface area contributed by atoms with Gasteiger partial charge in [0.1, 0.15) is 0 Å². The van der Waals surface area contributed by atoms with E-state index in [9.17, 15) is 0 Å². The minimum absolute atomic E-state index is 0.737. The van der Waals surface area contributed by atoms with Gasteiger partial charge < -0.3 is 10.3 Å². The van der Waals surface area contributed by atoms with Gasteiger partial charge in [0.05, 0.1) is 0 Å². The number of hydrogen-bond acceptors (Lipinski definition) is 2. The Morgan fingerprint density at radius 1 is 1.18 bits per heavy atom. The molecular weight excluding hydrogens is 210 g/mol. The predicted molar refractivity (Wildman–Crippen MR) is 71.9 cm³/mol. The molecule has 1 aromatic heterocycles. The lowest BCUT2D eigenvalue weighted by atomic mass is 10.2. The molecule has 1 aromatic rings. The van der Waals surface area contributed by atoms with Gasteiger partial charge in [-0.2, -0.15) is 0 Å². The molecule has 3 nitrogen and oxygen atoms in total. The molecule has 0 aromatic carbocycles. The van der Waals surface area contributed by atoms with Crippen LogP contribution in [0.3, 0.4) is 0 Å². The molecule has 0 atom stereocenters. The first-order valence-electron chi connectivity index (χ1n) is 6.86. The molecule has 0 radical (unpaired) electrons. The van der Waals surface area contributed by atoms with Crippen molar-refractivity contribution < 1.29 is 0 Å². The molecule has 0 amide bonds. The van der Waals surface area contributed by atoms with Crippen LogP contribution < -0.4 is 5.73 Å². The van der Waals surface area contributed by atoms with Crippen molar-refractivity contribution in [3.63, 3.8) is 0 Å². The van der Waals surface area contributed by atoms with Gasteiger partial charge in [0.2, 0.25) is 0 Å². The highest BCUT2D eigenvalue weighted by molar-refractivity contribution is 5.19. The Morgan fingerprint density at radius 2 is 1.88 bits per heavy atom. The van der Waals surface area contributed by atoms with E-state index in [1.165, 1.54) is 50.0 Å².